The lowest BCUT2D eigenvalue weighted by molar-refractivity contribution is 0.583. The van der Waals surface area contributed by atoms with Gasteiger partial charge in [0.15, 0.2) is 0 Å². The first-order valence-corrected chi connectivity index (χ1v) is 5.80. The molecule has 1 aromatic carbocycles. The van der Waals surface area contributed by atoms with E-state index in [0.29, 0.717) is 22.2 Å². The summed E-state index contributed by atoms with van der Waals surface area (Å²) in [6.07, 6.45) is 0. The molecule has 0 radical (unpaired) electrons. The Balaban J connectivity index is 2.48. The molecule has 0 N–H and O–H groups in total. The van der Waals surface area contributed by atoms with Gasteiger partial charge in [0, 0.05) is 10.9 Å². The molecule has 0 saturated carbocycles. The second-order valence-electron chi connectivity index (χ2n) is 3.28. The van der Waals surface area contributed by atoms with Crippen LogP contribution in [-0.2, 0) is 5.33 Å². The van der Waals surface area contributed by atoms with E-state index in [1.807, 2.05) is 0 Å². The lowest BCUT2D eigenvalue weighted by atomic mass is 10.1. The highest BCUT2D eigenvalue weighted by Crippen LogP contribution is 2.22. The SMILES string of the molecule is Fc1cccc(-c2ccc(CBr)nc2F)c1. The van der Waals surface area contributed by atoms with Crippen LogP contribution in [0.2, 0.25) is 0 Å². The molecule has 4 heteroatoms. The Labute approximate surface area is 100 Å². The van der Waals surface area contributed by atoms with Crippen LogP contribution in [0.15, 0.2) is 36.4 Å². The lowest BCUT2D eigenvalue weighted by Gasteiger charge is -2.04. The molecule has 0 saturated heterocycles. The first-order chi connectivity index (χ1) is 7.70. The van der Waals surface area contributed by atoms with Crippen molar-refractivity contribution in [2.45, 2.75) is 5.33 Å². The van der Waals surface area contributed by atoms with Crippen molar-refractivity contribution in [1.29, 1.82) is 0 Å². The molecule has 0 aliphatic rings. The zero-order valence-corrected chi connectivity index (χ0v) is 9.84. The zero-order valence-electron chi connectivity index (χ0n) is 8.25. The second kappa shape index (κ2) is 4.70. The van der Waals surface area contributed by atoms with Gasteiger partial charge in [0.1, 0.15) is 5.82 Å². The summed E-state index contributed by atoms with van der Waals surface area (Å²) in [5.41, 5.74) is 1.41. The molecule has 0 unspecified atom stereocenters. The van der Waals surface area contributed by atoms with Crippen LogP contribution in [-0.4, -0.2) is 4.98 Å². The third-order valence-electron chi connectivity index (χ3n) is 2.18. The Kier molecular flexibility index (Phi) is 3.29. The average molecular weight is 284 g/mol. The molecule has 2 aromatic rings. The molecule has 0 fully saturated rings. The van der Waals surface area contributed by atoms with Crippen LogP contribution < -0.4 is 0 Å². The summed E-state index contributed by atoms with van der Waals surface area (Å²) >= 11 is 3.19. The van der Waals surface area contributed by atoms with Crippen molar-refractivity contribution in [2.24, 2.45) is 0 Å². The Bertz CT molecular complexity index is 514. The summed E-state index contributed by atoms with van der Waals surface area (Å²) in [6, 6.07) is 9.11. The number of benzene rings is 1. The molecule has 0 aliphatic carbocycles. The third-order valence-corrected chi connectivity index (χ3v) is 2.75. The number of pyridine rings is 1. The summed E-state index contributed by atoms with van der Waals surface area (Å²) < 4.78 is 26.6. The van der Waals surface area contributed by atoms with Gasteiger partial charge in [-0.2, -0.15) is 4.39 Å². The van der Waals surface area contributed by atoms with E-state index in [1.165, 1.54) is 12.1 Å². The van der Waals surface area contributed by atoms with Gasteiger partial charge in [-0.1, -0.05) is 28.1 Å². The number of rotatable bonds is 2. The Morgan fingerprint density at radius 2 is 1.94 bits per heavy atom. The van der Waals surface area contributed by atoms with E-state index in [2.05, 4.69) is 20.9 Å². The lowest BCUT2D eigenvalue weighted by Crippen LogP contribution is -1.93. The van der Waals surface area contributed by atoms with Crippen molar-refractivity contribution in [2.75, 3.05) is 0 Å². The smallest absolute Gasteiger partial charge is 0.221 e. The molecule has 1 aromatic heterocycles. The number of alkyl halides is 1. The highest BCUT2D eigenvalue weighted by molar-refractivity contribution is 9.08. The fourth-order valence-corrected chi connectivity index (χ4v) is 1.73. The van der Waals surface area contributed by atoms with Gasteiger partial charge in [-0.05, 0) is 29.8 Å². The standard InChI is InChI=1S/C12H8BrF2N/c13-7-10-4-5-11(12(15)16-10)8-2-1-3-9(14)6-8/h1-6H,7H2. The first kappa shape index (κ1) is 11.2. The van der Waals surface area contributed by atoms with Crippen molar-refractivity contribution < 1.29 is 8.78 Å². The van der Waals surface area contributed by atoms with Crippen LogP contribution in [0, 0.1) is 11.8 Å². The van der Waals surface area contributed by atoms with Gasteiger partial charge in [-0.3, -0.25) is 0 Å². The minimum atomic E-state index is -0.581. The van der Waals surface area contributed by atoms with Crippen LogP contribution in [0.25, 0.3) is 11.1 Å². The Morgan fingerprint density at radius 3 is 2.56 bits per heavy atom. The highest BCUT2D eigenvalue weighted by Gasteiger charge is 2.07. The van der Waals surface area contributed by atoms with E-state index < -0.39 is 5.95 Å². The summed E-state index contributed by atoms with van der Waals surface area (Å²) in [5.74, 6) is -0.969. The van der Waals surface area contributed by atoms with Crippen LogP contribution in [0.1, 0.15) is 5.69 Å². The maximum absolute atomic E-state index is 13.6. The number of nitrogens with zero attached hydrogens (tertiary/aromatic N) is 1. The molecule has 0 bridgehead atoms. The highest BCUT2D eigenvalue weighted by atomic mass is 79.9. The second-order valence-corrected chi connectivity index (χ2v) is 3.85. The van der Waals surface area contributed by atoms with Gasteiger partial charge in [-0.15, -0.1) is 0 Å². The van der Waals surface area contributed by atoms with Crippen molar-refractivity contribution in [3.05, 3.63) is 53.9 Å². The summed E-state index contributed by atoms with van der Waals surface area (Å²) in [7, 11) is 0. The molecule has 0 amide bonds. The number of hydrogen-bond acceptors (Lipinski definition) is 1. The van der Waals surface area contributed by atoms with E-state index in [1.54, 1.807) is 24.3 Å². The van der Waals surface area contributed by atoms with Gasteiger partial charge < -0.3 is 0 Å². The molecule has 16 heavy (non-hydrogen) atoms. The van der Waals surface area contributed by atoms with Gasteiger partial charge in [0.2, 0.25) is 5.95 Å². The van der Waals surface area contributed by atoms with E-state index in [9.17, 15) is 8.78 Å². The van der Waals surface area contributed by atoms with Crippen LogP contribution in [0.5, 0.6) is 0 Å². The van der Waals surface area contributed by atoms with Crippen molar-refractivity contribution in [1.82, 2.24) is 4.98 Å². The van der Waals surface area contributed by atoms with Gasteiger partial charge in [0.05, 0.1) is 5.69 Å². The van der Waals surface area contributed by atoms with E-state index in [4.69, 9.17) is 0 Å². The van der Waals surface area contributed by atoms with E-state index in [0.717, 1.165) is 0 Å². The van der Waals surface area contributed by atoms with Crippen LogP contribution in [0.4, 0.5) is 8.78 Å². The van der Waals surface area contributed by atoms with E-state index >= 15 is 0 Å². The maximum atomic E-state index is 13.6. The number of aromatic nitrogens is 1. The van der Waals surface area contributed by atoms with Crippen molar-refractivity contribution in [3.8, 4) is 11.1 Å². The zero-order chi connectivity index (χ0) is 11.5. The first-order valence-electron chi connectivity index (χ1n) is 4.68. The average Bonchev–Trinajstić information content (AvgIpc) is 2.28. The summed E-state index contributed by atoms with van der Waals surface area (Å²) in [5, 5.41) is 0.493. The monoisotopic (exact) mass is 283 g/mol. The molecular formula is C12H8BrF2N. The van der Waals surface area contributed by atoms with Crippen LogP contribution >= 0.6 is 15.9 Å². The Hall–Kier alpha value is -1.29. The molecule has 2 rings (SSSR count). The topological polar surface area (TPSA) is 12.9 Å². The largest absolute Gasteiger partial charge is 0.223 e. The van der Waals surface area contributed by atoms with Crippen LogP contribution in [0.3, 0.4) is 0 Å². The Morgan fingerprint density at radius 1 is 1.12 bits per heavy atom. The van der Waals surface area contributed by atoms with Gasteiger partial charge in [0.25, 0.3) is 0 Å². The van der Waals surface area contributed by atoms with Gasteiger partial charge >= 0.3 is 0 Å². The molecule has 82 valence electrons. The molecule has 0 spiro atoms. The van der Waals surface area contributed by atoms with E-state index in [-0.39, 0.29) is 5.82 Å². The number of halogens is 3. The maximum Gasteiger partial charge on any atom is 0.221 e. The van der Waals surface area contributed by atoms with Crippen molar-refractivity contribution in [3.63, 3.8) is 0 Å². The molecule has 1 nitrogen and oxygen atoms in total. The number of hydrogen-bond donors (Lipinski definition) is 0. The third kappa shape index (κ3) is 2.27. The quantitative estimate of drug-likeness (QED) is 0.601. The summed E-state index contributed by atoms with van der Waals surface area (Å²) in [6.45, 7) is 0. The van der Waals surface area contributed by atoms with Crippen molar-refractivity contribution >= 4 is 15.9 Å². The molecule has 0 atom stereocenters. The predicted molar refractivity (Wildman–Crippen MR) is 62.2 cm³/mol. The predicted octanol–water partition coefficient (Wildman–Crippen LogP) is 3.92. The fraction of sp³-hybridized carbons (Fsp3) is 0.0833. The minimum Gasteiger partial charge on any atom is -0.223 e. The van der Waals surface area contributed by atoms with Gasteiger partial charge in [-0.25, -0.2) is 9.37 Å². The minimum absolute atomic E-state index is 0.309. The molecule has 0 aliphatic heterocycles. The molecular weight excluding hydrogens is 276 g/mol. The fourth-order valence-electron chi connectivity index (χ4n) is 1.42. The normalized spacial score (nSPS) is 10.4. The summed E-state index contributed by atoms with van der Waals surface area (Å²) in [4.78, 5) is 3.76. The molecule has 1 heterocycles.